The first kappa shape index (κ1) is 13.4. The molecule has 3 rings (SSSR count). The van der Waals surface area contributed by atoms with Crippen LogP contribution < -0.4 is 5.32 Å². The zero-order valence-electron chi connectivity index (χ0n) is 11.0. The van der Waals surface area contributed by atoms with Gasteiger partial charge in [0.05, 0.1) is 6.04 Å². The van der Waals surface area contributed by atoms with E-state index in [1.54, 1.807) is 23.2 Å². The van der Waals surface area contributed by atoms with Gasteiger partial charge in [0.15, 0.2) is 11.6 Å². The fourth-order valence-corrected chi connectivity index (χ4v) is 2.14. The number of likely N-dealkylation sites (tertiary alicyclic amines) is 1. The van der Waals surface area contributed by atoms with Gasteiger partial charge in [0.1, 0.15) is 5.82 Å². The van der Waals surface area contributed by atoms with Crippen LogP contribution in [0.15, 0.2) is 36.5 Å². The van der Waals surface area contributed by atoms with Crippen molar-refractivity contribution in [1.82, 2.24) is 15.1 Å². The molecule has 7 heteroatoms. The van der Waals surface area contributed by atoms with E-state index in [4.69, 9.17) is 0 Å². The van der Waals surface area contributed by atoms with Gasteiger partial charge in [0, 0.05) is 24.8 Å². The van der Waals surface area contributed by atoms with Crippen LogP contribution in [0.2, 0.25) is 0 Å². The number of aromatic nitrogens is 2. The lowest BCUT2D eigenvalue weighted by Gasteiger charge is -2.39. The maximum Gasteiger partial charge on any atom is 0.254 e. The summed E-state index contributed by atoms with van der Waals surface area (Å²) >= 11 is 0. The van der Waals surface area contributed by atoms with Gasteiger partial charge in [-0.15, -0.1) is 5.10 Å². The molecule has 21 heavy (non-hydrogen) atoms. The Labute approximate surface area is 119 Å². The van der Waals surface area contributed by atoms with Crippen molar-refractivity contribution in [3.05, 3.63) is 53.7 Å². The fraction of sp³-hybridized carbons (Fsp3) is 0.214. The number of nitrogens with zero attached hydrogens (tertiary/aromatic N) is 3. The SMILES string of the molecule is O=C(c1ccc(F)c(F)c1)N1CC(Nc2cccnn2)C1. The van der Waals surface area contributed by atoms with Crippen molar-refractivity contribution in [2.75, 3.05) is 18.4 Å². The van der Waals surface area contributed by atoms with E-state index in [9.17, 15) is 13.6 Å². The molecule has 5 nitrogen and oxygen atoms in total. The zero-order chi connectivity index (χ0) is 14.8. The maximum absolute atomic E-state index is 13.1. The van der Waals surface area contributed by atoms with Gasteiger partial charge in [-0.1, -0.05) is 0 Å². The van der Waals surface area contributed by atoms with Gasteiger partial charge in [-0.2, -0.15) is 5.10 Å². The number of carbonyl (C=O) groups is 1. The van der Waals surface area contributed by atoms with Crippen LogP contribution in [-0.4, -0.2) is 40.1 Å². The predicted molar refractivity (Wildman–Crippen MR) is 71.7 cm³/mol. The first-order valence-corrected chi connectivity index (χ1v) is 6.42. The third-order valence-electron chi connectivity index (χ3n) is 3.26. The van der Waals surface area contributed by atoms with Crippen LogP contribution in [0, 0.1) is 11.6 Å². The molecule has 1 aliphatic heterocycles. The summed E-state index contributed by atoms with van der Waals surface area (Å²) in [5.74, 6) is -1.65. The molecule has 0 aliphatic carbocycles. The number of carbonyl (C=O) groups excluding carboxylic acids is 1. The summed E-state index contributed by atoms with van der Waals surface area (Å²) in [7, 11) is 0. The van der Waals surface area contributed by atoms with Gasteiger partial charge in [0.2, 0.25) is 0 Å². The molecule has 1 saturated heterocycles. The van der Waals surface area contributed by atoms with E-state index in [1.807, 2.05) is 0 Å². The lowest BCUT2D eigenvalue weighted by Crippen LogP contribution is -2.57. The van der Waals surface area contributed by atoms with E-state index in [0.717, 1.165) is 12.1 Å². The molecule has 2 heterocycles. The summed E-state index contributed by atoms with van der Waals surface area (Å²) < 4.78 is 26.0. The van der Waals surface area contributed by atoms with E-state index >= 15 is 0 Å². The number of nitrogens with one attached hydrogen (secondary N) is 1. The van der Waals surface area contributed by atoms with E-state index in [-0.39, 0.29) is 17.5 Å². The molecule has 2 aromatic rings. The molecule has 0 spiro atoms. The average molecular weight is 290 g/mol. The van der Waals surface area contributed by atoms with Gasteiger partial charge in [-0.3, -0.25) is 4.79 Å². The van der Waals surface area contributed by atoms with E-state index in [2.05, 4.69) is 15.5 Å². The molecule has 1 fully saturated rings. The second-order valence-corrected chi connectivity index (χ2v) is 4.79. The van der Waals surface area contributed by atoms with Gasteiger partial charge >= 0.3 is 0 Å². The number of hydrogen-bond donors (Lipinski definition) is 1. The van der Waals surface area contributed by atoms with Crippen LogP contribution in [-0.2, 0) is 0 Å². The van der Waals surface area contributed by atoms with E-state index in [0.29, 0.717) is 18.9 Å². The lowest BCUT2D eigenvalue weighted by atomic mass is 10.1. The normalized spacial score (nSPS) is 14.7. The number of halogens is 2. The Morgan fingerprint density at radius 2 is 2.05 bits per heavy atom. The van der Waals surface area contributed by atoms with Gasteiger partial charge < -0.3 is 10.2 Å². The standard InChI is InChI=1S/C14H12F2N4O/c15-11-4-3-9(6-12(11)16)14(21)20-7-10(8-20)18-13-2-1-5-17-19-13/h1-6,10H,7-8H2,(H,18,19). The summed E-state index contributed by atoms with van der Waals surface area (Å²) in [6, 6.07) is 6.78. The Morgan fingerprint density at radius 1 is 1.24 bits per heavy atom. The van der Waals surface area contributed by atoms with Crippen molar-refractivity contribution >= 4 is 11.7 Å². The summed E-state index contributed by atoms with van der Waals surface area (Å²) in [5, 5.41) is 10.8. The fourth-order valence-electron chi connectivity index (χ4n) is 2.14. The molecule has 1 amide bonds. The van der Waals surface area contributed by atoms with Crippen molar-refractivity contribution in [2.45, 2.75) is 6.04 Å². The van der Waals surface area contributed by atoms with Crippen molar-refractivity contribution in [2.24, 2.45) is 0 Å². The number of amides is 1. The minimum Gasteiger partial charge on any atom is -0.362 e. The van der Waals surface area contributed by atoms with Crippen LogP contribution in [0.3, 0.4) is 0 Å². The molecule has 1 aromatic heterocycles. The largest absolute Gasteiger partial charge is 0.362 e. The highest BCUT2D eigenvalue weighted by molar-refractivity contribution is 5.94. The first-order chi connectivity index (χ1) is 10.1. The van der Waals surface area contributed by atoms with Crippen molar-refractivity contribution < 1.29 is 13.6 Å². The third-order valence-corrected chi connectivity index (χ3v) is 3.26. The van der Waals surface area contributed by atoms with Gasteiger partial charge in [-0.25, -0.2) is 8.78 Å². The Bertz CT molecular complexity index is 659. The second kappa shape index (κ2) is 5.43. The predicted octanol–water partition coefficient (Wildman–Crippen LogP) is 1.69. The number of rotatable bonds is 3. The Morgan fingerprint density at radius 3 is 2.71 bits per heavy atom. The topological polar surface area (TPSA) is 58.1 Å². The van der Waals surface area contributed by atoms with Crippen LogP contribution in [0.1, 0.15) is 10.4 Å². The minimum atomic E-state index is -1.02. The minimum absolute atomic E-state index is 0.0796. The lowest BCUT2D eigenvalue weighted by molar-refractivity contribution is 0.0624. The van der Waals surface area contributed by atoms with Crippen LogP contribution in [0.25, 0.3) is 0 Å². The first-order valence-electron chi connectivity index (χ1n) is 6.42. The van der Waals surface area contributed by atoms with Crippen molar-refractivity contribution in [3.63, 3.8) is 0 Å². The van der Waals surface area contributed by atoms with Gasteiger partial charge in [0.25, 0.3) is 5.91 Å². The zero-order valence-corrected chi connectivity index (χ0v) is 11.0. The summed E-state index contributed by atoms with van der Waals surface area (Å²) in [6.45, 7) is 0.961. The van der Waals surface area contributed by atoms with Crippen LogP contribution >= 0.6 is 0 Å². The Hall–Kier alpha value is -2.57. The van der Waals surface area contributed by atoms with Crippen molar-refractivity contribution in [3.8, 4) is 0 Å². The Balaban J connectivity index is 1.58. The number of benzene rings is 1. The molecule has 0 bridgehead atoms. The second-order valence-electron chi connectivity index (χ2n) is 4.79. The quantitative estimate of drug-likeness (QED) is 0.934. The number of anilines is 1. The summed E-state index contributed by atoms with van der Waals surface area (Å²) in [5.41, 5.74) is 0.145. The molecule has 108 valence electrons. The molecule has 0 radical (unpaired) electrons. The van der Waals surface area contributed by atoms with E-state index < -0.39 is 11.6 Å². The van der Waals surface area contributed by atoms with Gasteiger partial charge in [-0.05, 0) is 30.3 Å². The van der Waals surface area contributed by atoms with E-state index in [1.165, 1.54) is 6.07 Å². The number of hydrogen-bond acceptors (Lipinski definition) is 4. The molecule has 0 atom stereocenters. The maximum atomic E-state index is 13.1. The summed E-state index contributed by atoms with van der Waals surface area (Å²) in [4.78, 5) is 13.6. The average Bonchev–Trinajstić information content (AvgIpc) is 2.46. The van der Waals surface area contributed by atoms with Crippen LogP contribution in [0.4, 0.5) is 14.6 Å². The summed E-state index contributed by atoms with van der Waals surface area (Å²) in [6.07, 6.45) is 1.57. The monoisotopic (exact) mass is 290 g/mol. The third kappa shape index (κ3) is 2.81. The highest BCUT2D eigenvalue weighted by atomic mass is 19.2. The molecule has 1 N–H and O–H groups in total. The molecule has 1 aliphatic rings. The molecule has 0 unspecified atom stereocenters. The Kier molecular flexibility index (Phi) is 3.47. The molecule has 0 saturated carbocycles. The van der Waals surface area contributed by atoms with Crippen LogP contribution in [0.5, 0.6) is 0 Å². The molecule has 1 aromatic carbocycles. The van der Waals surface area contributed by atoms with Crippen molar-refractivity contribution in [1.29, 1.82) is 0 Å². The highest BCUT2D eigenvalue weighted by Gasteiger charge is 2.31. The molecular weight excluding hydrogens is 278 g/mol. The molecular formula is C14H12F2N4O. The highest BCUT2D eigenvalue weighted by Crippen LogP contribution is 2.17. The smallest absolute Gasteiger partial charge is 0.254 e.